The zero-order chi connectivity index (χ0) is 19.1. The van der Waals surface area contributed by atoms with Crippen LogP contribution in [0.5, 0.6) is 0 Å². The monoisotopic (exact) mass is 375 g/mol. The molecule has 1 aromatic carbocycles. The maximum Gasteiger partial charge on any atom is 0.341 e. The van der Waals surface area contributed by atoms with Crippen LogP contribution in [0.15, 0.2) is 17.1 Å². The molecule has 5 rings (SSSR count). The number of pyridine rings is 1. The molecule has 2 aliphatic carbocycles. The third kappa shape index (κ3) is 2.32. The van der Waals surface area contributed by atoms with Crippen LogP contribution in [-0.2, 0) is 0 Å². The van der Waals surface area contributed by atoms with Crippen molar-refractivity contribution >= 4 is 22.6 Å². The maximum atomic E-state index is 15.5. The number of carboxylic acids is 1. The molecule has 0 radical (unpaired) electrons. The standard InChI is InChI=1S/C19H19F2N3O3/c20-12-5-10-15(24(9-1-2-9)7-11(17(10)25)18(26)27)14(21)16(12)23-4-3-19(8-23)6-13(19)22/h5,7,9,13H,1-4,6,8,22H2,(H,26,27)/t13-,19-/m0/s1. The molecule has 2 atom stereocenters. The molecule has 142 valence electrons. The Morgan fingerprint density at radius 3 is 2.59 bits per heavy atom. The zero-order valence-corrected chi connectivity index (χ0v) is 14.5. The number of nitrogens with two attached hydrogens (primary N) is 1. The average molecular weight is 375 g/mol. The van der Waals surface area contributed by atoms with E-state index in [0.717, 1.165) is 31.7 Å². The molecule has 8 heteroatoms. The van der Waals surface area contributed by atoms with Crippen LogP contribution in [0.1, 0.15) is 42.1 Å². The normalized spacial score (nSPS) is 26.9. The molecule has 2 aromatic rings. The number of benzene rings is 1. The summed E-state index contributed by atoms with van der Waals surface area (Å²) >= 11 is 0. The summed E-state index contributed by atoms with van der Waals surface area (Å²) in [7, 11) is 0. The van der Waals surface area contributed by atoms with Crippen LogP contribution in [0.2, 0.25) is 0 Å². The number of aromatic carboxylic acids is 1. The molecule has 1 saturated heterocycles. The quantitative estimate of drug-likeness (QED) is 0.859. The molecule has 0 amide bonds. The Kier molecular flexibility index (Phi) is 3.26. The van der Waals surface area contributed by atoms with Crippen molar-refractivity contribution in [3.05, 3.63) is 39.7 Å². The number of rotatable bonds is 3. The molecule has 3 aliphatic rings. The molecular formula is C19H19F2N3O3. The first-order valence-electron chi connectivity index (χ1n) is 9.13. The Bertz CT molecular complexity index is 1060. The van der Waals surface area contributed by atoms with Gasteiger partial charge in [-0.15, -0.1) is 0 Å². The third-order valence-corrected chi connectivity index (χ3v) is 6.31. The number of anilines is 1. The van der Waals surface area contributed by atoms with Gasteiger partial charge >= 0.3 is 5.97 Å². The summed E-state index contributed by atoms with van der Waals surface area (Å²) in [5.41, 5.74) is 4.45. The van der Waals surface area contributed by atoms with Crippen molar-refractivity contribution in [2.75, 3.05) is 18.0 Å². The summed E-state index contributed by atoms with van der Waals surface area (Å²) in [5.74, 6) is -3.03. The third-order valence-electron chi connectivity index (χ3n) is 6.31. The van der Waals surface area contributed by atoms with Crippen LogP contribution in [0.3, 0.4) is 0 Å². The molecule has 3 fully saturated rings. The van der Waals surface area contributed by atoms with Crippen molar-refractivity contribution in [1.82, 2.24) is 4.57 Å². The highest BCUT2D eigenvalue weighted by Crippen LogP contribution is 2.53. The minimum Gasteiger partial charge on any atom is -0.477 e. The van der Waals surface area contributed by atoms with E-state index in [2.05, 4.69) is 0 Å². The highest BCUT2D eigenvalue weighted by Gasteiger charge is 2.56. The second-order valence-electron chi connectivity index (χ2n) is 8.08. The molecular weight excluding hydrogens is 356 g/mol. The van der Waals surface area contributed by atoms with Gasteiger partial charge in [0, 0.05) is 36.8 Å². The van der Waals surface area contributed by atoms with Crippen LogP contribution >= 0.6 is 0 Å². The largest absolute Gasteiger partial charge is 0.477 e. The van der Waals surface area contributed by atoms with Gasteiger partial charge in [-0.3, -0.25) is 4.79 Å². The zero-order valence-electron chi connectivity index (χ0n) is 14.5. The highest BCUT2D eigenvalue weighted by molar-refractivity contribution is 5.94. The minimum atomic E-state index is -1.40. The number of fused-ring (bicyclic) bond motifs is 1. The average Bonchev–Trinajstić information content (AvgIpc) is 3.49. The number of hydrogen-bond acceptors (Lipinski definition) is 4. The summed E-state index contributed by atoms with van der Waals surface area (Å²) in [4.78, 5) is 25.6. The van der Waals surface area contributed by atoms with Crippen molar-refractivity contribution in [1.29, 1.82) is 0 Å². The summed E-state index contributed by atoms with van der Waals surface area (Å²) in [6.45, 7) is 1.00. The smallest absolute Gasteiger partial charge is 0.341 e. The van der Waals surface area contributed by atoms with Gasteiger partial charge in [-0.1, -0.05) is 0 Å². The molecule has 0 unspecified atom stereocenters. The molecule has 1 spiro atoms. The van der Waals surface area contributed by atoms with E-state index in [9.17, 15) is 19.1 Å². The highest BCUT2D eigenvalue weighted by atomic mass is 19.1. The number of carboxylic acid groups (broad SMARTS) is 1. The molecule has 0 bridgehead atoms. The Morgan fingerprint density at radius 2 is 2.04 bits per heavy atom. The number of carbonyl (C=O) groups is 1. The lowest BCUT2D eigenvalue weighted by Crippen LogP contribution is -2.26. The number of nitrogens with zero attached hydrogens (tertiary/aromatic N) is 2. The van der Waals surface area contributed by atoms with Crippen molar-refractivity contribution in [2.45, 2.75) is 37.8 Å². The molecule has 27 heavy (non-hydrogen) atoms. The topological polar surface area (TPSA) is 88.6 Å². The first kappa shape index (κ1) is 16.7. The van der Waals surface area contributed by atoms with Gasteiger partial charge < -0.3 is 20.3 Å². The molecule has 2 saturated carbocycles. The summed E-state index contributed by atoms with van der Waals surface area (Å²) in [6.07, 6.45) is 4.38. The molecule has 3 N–H and O–H groups in total. The van der Waals surface area contributed by atoms with Crippen molar-refractivity contribution in [2.24, 2.45) is 11.1 Å². The second-order valence-corrected chi connectivity index (χ2v) is 8.08. The molecule has 6 nitrogen and oxygen atoms in total. The fraction of sp³-hybridized carbons (Fsp3) is 0.474. The van der Waals surface area contributed by atoms with Gasteiger partial charge in [0.15, 0.2) is 5.82 Å². The van der Waals surface area contributed by atoms with Crippen molar-refractivity contribution in [3.8, 4) is 0 Å². The van der Waals surface area contributed by atoms with E-state index < -0.39 is 28.6 Å². The lowest BCUT2D eigenvalue weighted by atomic mass is 10.1. The van der Waals surface area contributed by atoms with Crippen molar-refractivity contribution in [3.63, 3.8) is 0 Å². The lowest BCUT2D eigenvalue weighted by Gasteiger charge is -2.22. The van der Waals surface area contributed by atoms with E-state index in [-0.39, 0.29) is 34.1 Å². The van der Waals surface area contributed by atoms with Gasteiger partial charge in [0.25, 0.3) is 0 Å². The predicted octanol–water partition coefficient (Wildman–Crippen LogP) is 2.24. The van der Waals surface area contributed by atoms with E-state index in [1.54, 1.807) is 4.90 Å². The van der Waals surface area contributed by atoms with Crippen LogP contribution < -0.4 is 16.1 Å². The van der Waals surface area contributed by atoms with E-state index in [1.807, 2.05) is 0 Å². The molecule has 1 aromatic heterocycles. The number of hydrogen-bond donors (Lipinski definition) is 2. The lowest BCUT2D eigenvalue weighted by molar-refractivity contribution is 0.0695. The fourth-order valence-corrected chi connectivity index (χ4v) is 4.45. The molecule has 1 aliphatic heterocycles. The summed E-state index contributed by atoms with van der Waals surface area (Å²) in [5, 5.41) is 9.06. The fourth-order valence-electron chi connectivity index (χ4n) is 4.45. The first-order chi connectivity index (χ1) is 12.8. The van der Waals surface area contributed by atoms with Gasteiger partial charge in [-0.25, -0.2) is 13.6 Å². The van der Waals surface area contributed by atoms with E-state index >= 15 is 4.39 Å². The Labute approximate surface area is 153 Å². The van der Waals surface area contributed by atoms with Gasteiger partial charge in [0.1, 0.15) is 17.1 Å². The Morgan fingerprint density at radius 1 is 1.33 bits per heavy atom. The van der Waals surface area contributed by atoms with E-state index in [0.29, 0.717) is 13.1 Å². The van der Waals surface area contributed by atoms with Crippen molar-refractivity contribution < 1.29 is 18.7 Å². The minimum absolute atomic E-state index is 0.00931. The van der Waals surface area contributed by atoms with Crippen LogP contribution in [-0.4, -0.2) is 34.8 Å². The SMILES string of the molecule is N[C@H]1C[C@]12CCN(c1c(F)cc3c(=O)c(C(=O)O)cn(C4CC4)c3c1F)C2. The van der Waals surface area contributed by atoms with Gasteiger partial charge in [-0.05, 0) is 31.7 Å². The van der Waals surface area contributed by atoms with Crippen LogP contribution in [0.4, 0.5) is 14.5 Å². The van der Waals surface area contributed by atoms with Gasteiger partial charge in [0.05, 0.1) is 10.9 Å². The van der Waals surface area contributed by atoms with E-state index in [1.165, 1.54) is 10.8 Å². The Hall–Kier alpha value is -2.48. The summed E-state index contributed by atoms with van der Waals surface area (Å²) in [6, 6.07) is 0.983. The predicted molar refractivity (Wildman–Crippen MR) is 95.2 cm³/mol. The molecule has 2 heterocycles. The summed E-state index contributed by atoms with van der Waals surface area (Å²) < 4.78 is 31.8. The maximum absolute atomic E-state index is 15.5. The Balaban J connectivity index is 1.73. The number of halogens is 2. The second kappa shape index (κ2) is 5.28. The van der Waals surface area contributed by atoms with Crippen LogP contribution in [0, 0.1) is 17.0 Å². The van der Waals surface area contributed by atoms with E-state index in [4.69, 9.17) is 5.73 Å². The van der Waals surface area contributed by atoms with Gasteiger partial charge in [0.2, 0.25) is 5.43 Å². The van der Waals surface area contributed by atoms with Gasteiger partial charge in [-0.2, -0.15) is 0 Å². The number of aromatic nitrogens is 1. The van der Waals surface area contributed by atoms with Crippen LogP contribution in [0.25, 0.3) is 10.9 Å². The first-order valence-corrected chi connectivity index (χ1v) is 9.13.